The zero-order valence-electron chi connectivity index (χ0n) is 10.9. The molecule has 1 aliphatic rings. The molecular weight excluding hydrogens is 231 g/mol. The molecule has 1 saturated heterocycles. The molecule has 1 atom stereocenters. The van der Waals surface area contributed by atoms with Crippen LogP contribution < -0.4 is 10.6 Å². The van der Waals surface area contributed by atoms with Crippen molar-refractivity contribution in [3.63, 3.8) is 0 Å². The summed E-state index contributed by atoms with van der Waals surface area (Å²) in [7, 11) is 1.73. The topological polar surface area (TPSA) is 38.5 Å². The van der Waals surface area contributed by atoms with Gasteiger partial charge in [0.2, 0.25) is 0 Å². The molecule has 1 aliphatic heterocycles. The average Bonchev–Trinajstić information content (AvgIpc) is 2.39. The third kappa shape index (κ3) is 3.00. The van der Waals surface area contributed by atoms with Crippen molar-refractivity contribution in [2.24, 2.45) is 11.7 Å². The smallest absolute Gasteiger partial charge is 0.129 e. The molecule has 100 valence electrons. The Morgan fingerprint density at radius 1 is 1.50 bits per heavy atom. The molecule has 0 saturated carbocycles. The zero-order valence-corrected chi connectivity index (χ0v) is 10.9. The number of nitrogens with two attached hydrogens (primary N) is 1. The van der Waals surface area contributed by atoms with E-state index >= 15 is 0 Å². The van der Waals surface area contributed by atoms with Crippen molar-refractivity contribution >= 4 is 5.69 Å². The number of hydrogen-bond acceptors (Lipinski definition) is 3. The Bertz CT molecular complexity index is 395. The number of anilines is 1. The number of nitrogens with zero attached hydrogens (tertiary/aromatic N) is 1. The summed E-state index contributed by atoms with van der Waals surface area (Å²) in [6, 6.07) is 5.34. The third-order valence-electron chi connectivity index (χ3n) is 3.54. The van der Waals surface area contributed by atoms with Gasteiger partial charge in [0.05, 0.1) is 6.61 Å². The van der Waals surface area contributed by atoms with E-state index in [1.165, 1.54) is 6.42 Å². The van der Waals surface area contributed by atoms with Crippen LogP contribution in [0.25, 0.3) is 0 Å². The fourth-order valence-corrected chi connectivity index (χ4v) is 2.57. The van der Waals surface area contributed by atoms with E-state index in [-0.39, 0.29) is 12.4 Å². The lowest BCUT2D eigenvalue weighted by Crippen LogP contribution is -2.37. The summed E-state index contributed by atoms with van der Waals surface area (Å²) >= 11 is 0. The molecular formula is C14H21FN2O. The van der Waals surface area contributed by atoms with E-state index < -0.39 is 0 Å². The molecule has 2 N–H and O–H groups in total. The minimum absolute atomic E-state index is 0.205. The summed E-state index contributed by atoms with van der Waals surface area (Å²) in [5.74, 6) is 0.338. The van der Waals surface area contributed by atoms with Crippen molar-refractivity contribution < 1.29 is 9.13 Å². The Morgan fingerprint density at radius 2 is 2.33 bits per heavy atom. The minimum atomic E-state index is -0.205. The van der Waals surface area contributed by atoms with Crippen LogP contribution in [0.5, 0.6) is 0 Å². The van der Waals surface area contributed by atoms with Gasteiger partial charge in [-0.15, -0.1) is 0 Å². The molecule has 1 heterocycles. The quantitative estimate of drug-likeness (QED) is 0.892. The van der Waals surface area contributed by atoms with Crippen molar-refractivity contribution in [1.29, 1.82) is 0 Å². The van der Waals surface area contributed by atoms with Gasteiger partial charge in [-0.2, -0.15) is 0 Å². The summed E-state index contributed by atoms with van der Waals surface area (Å²) in [6.45, 7) is 2.95. The molecule has 4 heteroatoms. The van der Waals surface area contributed by atoms with Crippen LogP contribution in [0, 0.1) is 11.7 Å². The first-order valence-electron chi connectivity index (χ1n) is 6.47. The lowest BCUT2D eigenvalue weighted by Gasteiger charge is -2.34. The third-order valence-corrected chi connectivity index (χ3v) is 3.54. The predicted molar refractivity (Wildman–Crippen MR) is 71.1 cm³/mol. The Kier molecular flexibility index (Phi) is 4.55. The highest BCUT2D eigenvalue weighted by molar-refractivity contribution is 5.48. The van der Waals surface area contributed by atoms with Crippen molar-refractivity contribution in [3.05, 3.63) is 29.6 Å². The first kappa shape index (κ1) is 13.3. The number of hydrogen-bond donors (Lipinski definition) is 1. The van der Waals surface area contributed by atoms with E-state index in [9.17, 15) is 4.39 Å². The highest BCUT2D eigenvalue weighted by atomic mass is 19.1. The maximum Gasteiger partial charge on any atom is 0.129 e. The Hall–Kier alpha value is -1.13. The van der Waals surface area contributed by atoms with Crippen LogP contribution in [0.15, 0.2) is 18.2 Å². The van der Waals surface area contributed by atoms with Crippen LogP contribution in [-0.4, -0.2) is 26.8 Å². The number of rotatable bonds is 4. The molecule has 0 radical (unpaired) electrons. The van der Waals surface area contributed by atoms with Crippen LogP contribution >= 0.6 is 0 Å². The predicted octanol–water partition coefficient (Wildman–Crippen LogP) is 2.15. The lowest BCUT2D eigenvalue weighted by molar-refractivity contribution is 0.143. The monoisotopic (exact) mass is 252 g/mol. The van der Waals surface area contributed by atoms with Gasteiger partial charge in [-0.3, -0.25) is 0 Å². The van der Waals surface area contributed by atoms with Crippen molar-refractivity contribution in [2.75, 3.05) is 31.7 Å². The zero-order chi connectivity index (χ0) is 13.0. The van der Waals surface area contributed by atoms with Crippen LogP contribution in [0.1, 0.15) is 18.4 Å². The van der Waals surface area contributed by atoms with E-state index in [1.807, 2.05) is 6.07 Å². The van der Waals surface area contributed by atoms with Gasteiger partial charge in [0.1, 0.15) is 5.82 Å². The average molecular weight is 252 g/mol. The van der Waals surface area contributed by atoms with E-state index in [0.717, 1.165) is 31.8 Å². The van der Waals surface area contributed by atoms with Crippen molar-refractivity contribution in [3.8, 4) is 0 Å². The summed E-state index contributed by atoms with van der Waals surface area (Å²) in [4.78, 5) is 2.23. The standard InChI is InChI=1S/C14H21FN2O/c1-18-10-11-3-2-6-17(9-11)13-5-4-12(8-16)14(15)7-13/h4-5,7,11H,2-3,6,8-10,16H2,1H3. The second-order valence-electron chi connectivity index (χ2n) is 4.89. The summed E-state index contributed by atoms with van der Waals surface area (Å²) < 4.78 is 18.9. The van der Waals surface area contributed by atoms with Crippen LogP contribution in [0.3, 0.4) is 0 Å². The number of ether oxygens (including phenoxy) is 1. The van der Waals surface area contributed by atoms with Crippen molar-refractivity contribution in [1.82, 2.24) is 0 Å². The maximum atomic E-state index is 13.7. The highest BCUT2D eigenvalue weighted by Gasteiger charge is 2.20. The molecule has 0 amide bonds. The van der Waals surface area contributed by atoms with Gasteiger partial charge >= 0.3 is 0 Å². The Balaban J connectivity index is 2.08. The molecule has 0 aliphatic carbocycles. The van der Waals surface area contributed by atoms with Crippen LogP contribution in [-0.2, 0) is 11.3 Å². The van der Waals surface area contributed by atoms with Gasteiger partial charge in [0, 0.05) is 38.0 Å². The van der Waals surface area contributed by atoms with Gasteiger partial charge in [-0.05, 0) is 30.9 Å². The largest absolute Gasteiger partial charge is 0.384 e. The first-order chi connectivity index (χ1) is 8.74. The van der Waals surface area contributed by atoms with Gasteiger partial charge < -0.3 is 15.4 Å². The number of halogens is 1. The van der Waals surface area contributed by atoms with Crippen LogP contribution in [0.4, 0.5) is 10.1 Å². The van der Waals surface area contributed by atoms with E-state index in [1.54, 1.807) is 19.2 Å². The second kappa shape index (κ2) is 6.16. The highest BCUT2D eigenvalue weighted by Crippen LogP contribution is 2.25. The molecule has 1 aromatic rings. The van der Waals surface area contributed by atoms with Gasteiger partial charge in [0.25, 0.3) is 0 Å². The fraction of sp³-hybridized carbons (Fsp3) is 0.571. The number of methoxy groups -OCH3 is 1. The lowest BCUT2D eigenvalue weighted by atomic mass is 9.98. The fourth-order valence-electron chi connectivity index (χ4n) is 2.57. The molecule has 1 unspecified atom stereocenters. The molecule has 1 aromatic carbocycles. The molecule has 0 spiro atoms. The number of piperidine rings is 1. The Morgan fingerprint density at radius 3 is 3.00 bits per heavy atom. The summed E-state index contributed by atoms with van der Waals surface area (Å²) in [5, 5.41) is 0. The minimum Gasteiger partial charge on any atom is -0.384 e. The normalized spacial score (nSPS) is 20.2. The molecule has 2 rings (SSSR count). The summed E-state index contributed by atoms with van der Waals surface area (Å²) in [6.07, 6.45) is 2.32. The maximum absolute atomic E-state index is 13.7. The van der Waals surface area contributed by atoms with Crippen LogP contribution in [0.2, 0.25) is 0 Å². The van der Waals surface area contributed by atoms with Gasteiger partial charge in [-0.1, -0.05) is 6.07 Å². The van der Waals surface area contributed by atoms with Gasteiger partial charge in [0.15, 0.2) is 0 Å². The summed E-state index contributed by atoms with van der Waals surface area (Å²) in [5.41, 5.74) is 6.99. The van der Waals surface area contributed by atoms with E-state index in [0.29, 0.717) is 11.5 Å². The number of benzene rings is 1. The molecule has 0 bridgehead atoms. The molecule has 1 fully saturated rings. The molecule has 3 nitrogen and oxygen atoms in total. The van der Waals surface area contributed by atoms with E-state index in [4.69, 9.17) is 10.5 Å². The molecule has 18 heavy (non-hydrogen) atoms. The second-order valence-corrected chi connectivity index (χ2v) is 4.89. The van der Waals surface area contributed by atoms with E-state index in [2.05, 4.69) is 4.90 Å². The molecule has 0 aromatic heterocycles. The Labute approximate surface area is 108 Å². The SMILES string of the molecule is COCC1CCCN(c2ccc(CN)c(F)c2)C1. The van der Waals surface area contributed by atoms with Crippen molar-refractivity contribution in [2.45, 2.75) is 19.4 Å². The first-order valence-corrected chi connectivity index (χ1v) is 6.47. The van der Waals surface area contributed by atoms with Gasteiger partial charge in [-0.25, -0.2) is 4.39 Å².